The Kier molecular flexibility index (Phi) is 4.21. The monoisotopic (exact) mass is 335 g/mol. The molecule has 0 aromatic carbocycles. The number of carbonyl (C=O) groups is 1. The van der Waals surface area contributed by atoms with Gasteiger partial charge in [0.25, 0.3) is 5.91 Å². The standard InChI is InChI=1S/C15H13NO2S3/c17-14(11-3-6-19-8-11)16-10-15(18,12-4-7-20-9-12)13-2-1-5-21-13/h1-9,18H,10H2,(H,16,17)/t15-/m0/s1. The van der Waals surface area contributed by atoms with Gasteiger partial charge in [0.15, 0.2) is 0 Å². The summed E-state index contributed by atoms with van der Waals surface area (Å²) in [5, 5.41) is 23.3. The average molecular weight is 335 g/mol. The molecule has 0 radical (unpaired) electrons. The van der Waals surface area contributed by atoms with Gasteiger partial charge in [0.05, 0.1) is 6.54 Å². The summed E-state index contributed by atoms with van der Waals surface area (Å²) in [4.78, 5) is 12.9. The van der Waals surface area contributed by atoms with Gasteiger partial charge >= 0.3 is 0 Å². The maximum atomic E-state index is 12.1. The Balaban J connectivity index is 1.83. The Morgan fingerprint density at radius 3 is 2.57 bits per heavy atom. The molecule has 3 nitrogen and oxygen atoms in total. The van der Waals surface area contributed by atoms with Gasteiger partial charge in [-0.15, -0.1) is 11.3 Å². The van der Waals surface area contributed by atoms with Crippen LogP contribution in [0.4, 0.5) is 0 Å². The fourth-order valence-corrected chi connectivity index (χ4v) is 4.25. The highest BCUT2D eigenvalue weighted by molar-refractivity contribution is 7.10. The van der Waals surface area contributed by atoms with Crippen LogP contribution < -0.4 is 5.32 Å². The number of rotatable bonds is 5. The van der Waals surface area contributed by atoms with E-state index in [1.807, 2.05) is 39.7 Å². The fraction of sp³-hybridized carbons (Fsp3) is 0.133. The summed E-state index contributed by atoms with van der Waals surface area (Å²) in [5.41, 5.74) is 0.249. The number of thiophene rings is 3. The first-order valence-electron chi connectivity index (χ1n) is 6.29. The molecule has 0 aliphatic carbocycles. The maximum Gasteiger partial charge on any atom is 0.252 e. The minimum absolute atomic E-state index is 0.152. The van der Waals surface area contributed by atoms with Crippen LogP contribution in [0.5, 0.6) is 0 Å². The number of hydrogen-bond donors (Lipinski definition) is 2. The van der Waals surface area contributed by atoms with Crippen LogP contribution in [-0.4, -0.2) is 17.6 Å². The number of nitrogens with one attached hydrogen (secondary N) is 1. The van der Waals surface area contributed by atoms with Crippen LogP contribution in [-0.2, 0) is 5.60 Å². The van der Waals surface area contributed by atoms with Crippen molar-refractivity contribution in [1.29, 1.82) is 0 Å². The van der Waals surface area contributed by atoms with E-state index < -0.39 is 5.60 Å². The molecule has 3 rings (SSSR count). The second kappa shape index (κ2) is 6.11. The summed E-state index contributed by atoms with van der Waals surface area (Å²) < 4.78 is 0. The molecule has 2 N–H and O–H groups in total. The Bertz CT molecular complexity index is 653. The number of aliphatic hydroxyl groups is 1. The van der Waals surface area contributed by atoms with Crippen molar-refractivity contribution in [3.63, 3.8) is 0 Å². The Hall–Kier alpha value is -1.47. The molecule has 0 saturated heterocycles. The van der Waals surface area contributed by atoms with Gasteiger partial charge in [-0.2, -0.15) is 22.7 Å². The molecule has 0 bridgehead atoms. The first kappa shape index (κ1) is 14.5. The zero-order valence-corrected chi connectivity index (χ0v) is 13.4. The van der Waals surface area contributed by atoms with E-state index in [9.17, 15) is 9.90 Å². The van der Waals surface area contributed by atoms with Gasteiger partial charge in [-0.25, -0.2) is 0 Å². The van der Waals surface area contributed by atoms with E-state index in [0.29, 0.717) is 5.56 Å². The van der Waals surface area contributed by atoms with Crippen LogP contribution in [0.15, 0.2) is 51.2 Å². The Morgan fingerprint density at radius 2 is 1.95 bits per heavy atom. The van der Waals surface area contributed by atoms with E-state index in [-0.39, 0.29) is 12.5 Å². The molecule has 6 heteroatoms. The SMILES string of the molecule is O=C(NC[C@](O)(c1ccsc1)c1cccs1)c1ccsc1. The van der Waals surface area contributed by atoms with Gasteiger partial charge in [0.1, 0.15) is 5.60 Å². The smallest absolute Gasteiger partial charge is 0.252 e. The van der Waals surface area contributed by atoms with Crippen LogP contribution >= 0.6 is 34.0 Å². The molecule has 0 aliphatic rings. The molecule has 1 amide bonds. The molecule has 0 saturated carbocycles. The lowest BCUT2D eigenvalue weighted by molar-refractivity contribution is 0.0721. The van der Waals surface area contributed by atoms with Crippen molar-refractivity contribution < 1.29 is 9.90 Å². The molecule has 108 valence electrons. The molecule has 0 aliphatic heterocycles. The summed E-state index contributed by atoms with van der Waals surface area (Å²) in [6, 6.07) is 7.45. The largest absolute Gasteiger partial charge is 0.378 e. The zero-order chi connectivity index (χ0) is 14.7. The lowest BCUT2D eigenvalue weighted by atomic mass is 9.94. The first-order chi connectivity index (χ1) is 10.2. The average Bonchev–Trinajstić information content (AvgIpc) is 3.27. The summed E-state index contributed by atoms with van der Waals surface area (Å²) in [6.45, 7) is 0.152. The highest BCUT2D eigenvalue weighted by atomic mass is 32.1. The molecule has 3 aromatic heterocycles. The number of hydrogen-bond acceptors (Lipinski definition) is 5. The second-order valence-electron chi connectivity index (χ2n) is 4.54. The lowest BCUT2D eigenvalue weighted by Crippen LogP contribution is -2.40. The summed E-state index contributed by atoms with van der Waals surface area (Å²) in [6.07, 6.45) is 0. The van der Waals surface area contributed by atoms with Gasteiger partial charge < -0.3 is 10.4 Å². The van der Waals surface area contributed by atoms with Crippen molar-refractivity contribution in [1.82, 2.24) is 5.32 Å². The van der Waals surface area contributed by atoms with E-state index in [0.717, 1.165) is 10.4 Å². The van der Waals surface area contributed by atoms with Gasteiger partial charge in [0.2, 0.25) is 0 Å². The predicted octanol–water partition coefficient (Wildman–Crippen LogP) is 3.54. The van der Waals surface area contributed by atoms with Crippen LogP contribution in [0.1, 0.15) is 20.8 Å². The van der Waals surface area contributed by atoms with Crippen molar-refractivity contribution >= 4 is 39.9 Å². The van der Waals surface area contributed by atoms with Crippen LogP contribution in [0, 0.1) is 0 Å². The van der Waals surface area contributed by atoms with E-state index in [2.05, 4.69) is 5.32 Å². The van der Waals surface area contributed by atoms with Gasteiger partial charge in [0, 0.05) is 21.4 Å². The molecule has 3 heterocycles. The molecule has 0 spiro atoms. The summed E-state index contributed by atoms with van der Waals surface area (Å²) >= 11 is 4.49. The Morgan fingerprint density at radius 1 is 1.14 bits per heavy atom. The molecular weight excluding hydrogens is 322 g/mol. The van der Waals surface area contributed by atoms with Gasteiger partial charge in [-0.05, 0) is 39.7 Å². The van der Waals surface area contributed by atoms with Crippen molar-refractivity contribution in [3.8, 4) is 0 Å². The van der Waals surface area contributed by atoms with E-state index in [1.54, 1.807) is 11.4 Å². The number of carbonyl (C=O) groups excluding carboxylic acids is 1. The fourth-order valence-electron chi connectivity index (χ4n) is 2.05. The highest BCUT2D eigenvalue weighted by Crippen LogP contribution is 2.33. The van der Waals surface area contributed by atoms with Crippen LogP contribution in [0.2, 0.25) is 0 Å². The lowest BCUT2D eigenvalue weighted by Gasteiger charge is -2.26. The minimum Gasteiger partial charge on any atom is -0.378 e. The van der Waals surface area contributed by atoms with Gasteiger partial charge in [-0.3, -0.25) is 4.79 Å². The van der Waals surface area contributed by atoms with Crippen LogP contribution in [0.25, 0.3) is 0 Å². The molecule has 3 aromatic rings. The third-order valence-corrected chi connectivity index (χ3v) is 5.60. The normalized spacial score (nSPS) is 13.8. The van der Waals surface area contributed by atoms with E-state index >= 15 is 0 Å². The minimum atomic E-state index is -1.18. The Labute approximate surface area is 134 Å². The summed E-state index contributed by atoms with van der Waals surface area (Å²) in [5.74, 6) is -0.165. The third kappa shape index (κ3) is 2.94. The van der Waals surface area contributed by atoms with Gasteiger partial charge in [-0.1, -0.05) is 6.07 Å². The van der Waals surface area contributed by atoms with Crippen molar-refractivity contribution in [2.75, 3.05) is 6.54 Å². The highest BCUT2D eigenvalue weighted by Gasteiger charge is 2.33. The van der Waals surface area contributed by atoms with E-state index in [1.165, 1.54) is 34.0 Å². The molecule has 1 atom stereocenters. The topological polar surface area (TPSA) is 49.3 Å². The third-order valence-electron chi connectivity index (χ3n) is 3.22. The van der Waals surface area contributed by atoms with E-state index in [4.69, 9.17) is 0 Å². The number of amides is 1. The summed E-state index contributed by atoms with van der Waals surface area (Å²) in [7, 11) is 0. The maximum absolute atomic E-state index is 12.1. The molecule has 0 fully saturated rings. The quantitative estimate of drug-likeness (QED) is 0.749. The van der Waals surface area contributed by atoms with Crippen molar-refractivity contribution in [3.05, 3.63) is 67.2 Å². The predicted molar refractivity (Wildman–Crippen MR) is 88.3 cm³/mol. The van der Waals surface area contributed by atoms with Crippen LogP contribution in [0.3, 0.4) is 0 Å². The molecule has 21 heavy (non-hydrogen) atoms. The molecular formula is C15H13NO2S3. The zero-order valence-electron chi connectivity index (χ0n) is 11.0. The second-order valence-corrected chi connectivity index (χ2v) is 7.05. The van der Waals surface area contributed by atoms with Crippen molar-refractivity contribution in [2.45, 2.75) is 5.60 Å². The first-order valence-corrected chi connectivity index (χ1v) is 9.06. The molecule has 0 unspecified atom stereocenters. The van der Waals surface area contributed by atoms with Crippen molar-refractivity contribution in [2.24, 2.45) is 0 Å².